The molecule has 0 bridgehead atoms. The first kappa shape index (κ1) is 9.90. The third-order valence-electron chi connectivity index (χ3n) is 4.50. The van der Waals surface area contributed by atoms with E-state index in [1.165, 1.54) is 36.8 Å². The van der Waals surface area contributed by atoms with Gasteiger partial charge in [0.15, 0.2) is 0 Å². The second-order valence-corrected chi connectivity index (χ2v) is 5.27. The minimum absolute atomic E-state index is 0.0173. The summed E-state index contributed by atoms with van der Waals surface area (Å²) >= 11 is 0. The fourth-order valence-corrected chi connectivity index (χ4v) is 3.42. The van der Waals surface area contributed by atoms with E-state index in [-0.39, 0.29) is 5.41 Å². The van der Waals surface area contributed by atoms with Gasteiger partial charge in [-0.1, -0.05) is 30.7 Å². The monoisotopic (exact) mass is 211 g/mol. The maximum atomic E-state index is 9.46. The molecule has 1 aromatic rings. The molecule has 0 amide bonds. The van der Waals surface area contributed by atoms with Crippen LogP contribution in [0, 0.1) is 16.7 Å². The third kappa shape index (κ3) is 1.29. The molecule has 1 saturated carbocycles. The van der Waals surface area contributed by atoms with Crippen LogP contribution in [-0.2, 0) is 6.42 Å². The summed E-state index contributed by atoms with van der Waals surface area (Å²) in [5.41, 5.74) is 2.94. The fourth-order valence-electron chi connectivity index (χ4n) is 3.42. The van der Waals surface area contributed by atoms with Crippen molar-refractivity contribution in [3.05, 3.63) is 35.4 Å². The average Bonchev–Trinajstić information content (AvgIpc) is 2.29. The molecule has 1 unspecified atom stereocenters. The van der Waals surface area contributed by atoms with Gasteiger partial charge in [-0.15, -0.1) is 0 Å². The van der Waals surface area contributed by atoms with E-state index < -0.39 is 0 Å². The van der Waals surface area contributed by atoms with Crippen LogP contribution < -0.4 is 0 Å². The molecule has 0 N–H and O–H groups in total. The Balaban J connectivity index is 2.02. The van der Waals surface area contributed by atoms with Crippen molar-refractivity contribution in [3.8, 4) is 6.07 Å². The molecule has 1 nitrogen and oxygen atoms in total. The Hall–Kier alpha value is -1.29. The number of rotatable bonds is 1. The number of nitriles is 1. The lowest BCUT2D eigenvalue weighted by atomic mass is 9.57. The molecule has 0 heterocycles. The number of nitrogens with zero attached hydrogens (tertiary/aromatic N) is 1. The van der Waals surface area contributed by atoms with Crippen molar-refractivity contribution in [3.63, 3.8) is 0 Å². The lowest BCUT2D eigenvalue weighted by molar-refractivity contribution is 0.153. The molecular weight excluding hydrogens is 194 g/mol. The Labute approximate surface area is 97.1 Å². The summed E-state index contributed by atoms with van der Waals surface area (Å²) in [6, 6.07) is 11.4. The van der Waals surface area contributed by atoms with Gasteiger partial charge < -0.3 is 0 Å². The second-order valence-electron chi connectivity index (χ2n) is 5.27. The quantitative estimate of drug-likeness (QED) is 0.693. The number of fused-ring (bicyclic) bond motifs is 1. The van der Waals surface area contributed by atoms with Gasteiger partial charge in [-0.25, -0.2) is 0 Å². The van der Waals surface area contributed by atoms with Gasteiger partial charge in [0.05, 0.1) is 11.5 Å². The highest BCUT2D eigenvalue weighted by atomic mass is 14.5. The number of benzene rings is 1. The Morgan fingerprint density at radius 3 is 2.69 bits per heavy atom. The Morgan fingerprint density at radius 1 is 1.19 bits per heavy atom. The van der Waals surface area contributed by atoms with Crippen LogP contribution in [0.4, 0.5) is 0 Å². The molecule has 0 saturated heterocycles. The fraction of sp³-hybridized carbons (Fsp3) is 0.533. The predicted octanol–water partition coefficient (Wildman–Crippen LogP) is 3.80. The Kier molecular flexibility index (Phi) is 2.24. The molecule has 0 aromatic heterocycles. The highest BCUT2D eigenvalue weighted by Crippen LogP contribution is 2.54. The van der Waals surface area contributed by atoms with Crippen molar-refractivity contribution in [2.75, 3.05) is 0 Å². The molecule has 1 aromatic carbocycles. The van der Waals surface area contributed by atoms with Crippen molar-refractivity contribution in [1.29, 1.82) is 5.26 Å². The molecule has 0 radical (unpaired) electrons. The van der Waals surface area contributed by atoms with E-state index >= 15 is 0 Å². The van der Waals surface area contributed by atoms with Crippen LogP contribution in [0.15, 0.2) is 24.3 Å². The van der Waals surface area contributed by atoms with Gasteiger partial charge in [0.1, 0.15) is 0 Å². The van der Waals surface area contributed by atoms with Gasteiger partial charge in [0, 0.05) is 5.92 Å². The SMILES string of the molecule is N#CC1(C2CCCc3ccccc32)CCC1. The van der Waals surface area contributed by atoms with Crippen LogP contribution in [0.2, 0.25) is 0 Å². The molecule has 0 aliphatic heterocycles. The van der Waals surface area contributed by atoms with E-state index in [1.54, 1.807) is 0 Å². The molecule has 2 aliphatic rings. The summed E-state index contributed by atoms with van der Waals surface area (Å²) in [5.74, 6) is 0.510. The minimum Gasteiger partial charge on any atom is -0.198 e. The number of hydrogen-bond acceptors (Lipinski definition) is 1. The van der Waals surface area contributed by atoms with Crippen LogP contribution in [0.3, 0.4) is 0 Å². The van der Waals surface area contributed by atoms with Crippen molar-refractivity contribution in [1.82, 2.24) is 0 Å². The van der Waals surface area contributed by atoms with E-state index in [0.29, 0.717) is 5.92 Å². The van der Waals surface area contributed by atoms with Crippen LogP contribution in [0.1, 0.15) is 49.1 Å². The summed E-state index contributed by atoms with van der Waals surface area (Å²) in [5, 5.41) is 9.46. The van der Waals surface area contributed by atoms with Crippen molar-refractivity contribution in [2.45, 2.75) is 44.4 Å². The zero-order chi connectivity index (χ0) is 11.0. The van der Waals surface area contributed by atoms with Crippen molar-refractivity contribution in [2.24, 2.45) is 5.41 Å². The van der Waals surface area contributed by atoms with Gasteiger partial charge in [0.25, 0.3) is 0 Å². The van der Waals surface area contributed by atoms with Crippen LogP contribution >= 0.6 is 0 Å². The number of aryl methyl sites for hydroxylation is 1. The highest BCUT2D eigenvalue weighted by molar-refractivity contribution is 5.36. The van der Waals surface area contributed by atoms with Gasteiger partial charge >= 0.3 is 0 Å². The van der Waals surface area contributed by atoms with Gasteiger partial charge in [-0.05, 0) is 43.2 Å². The first-order chi connectivity index (χ1) is 7.86. The van der Waals surface area contributed by atoms with E-state index in [2.05, 4.69) is 30.3 Å². The van der Waals surface area contributed by atoms with E-state index in [4.69, 9.17) is 0 Å². The summed E-state index contributed by atoms with van der Waals surface area (Å²) in [7, 11) is 0. The van der Waals surface area contributed by atoms with Gasteiger partial charge in [-0.2, -0.15) is 5.26 Å². The summed E-state index contributed by atoms with van der Waals surface area (Å²) in [4.78, 5) is 0. The van der Waals surface area contributed by atoms with Gasteiger partial charge in [0.2, 0.25) is 0 Å². The normalized spacial score (nSPS) is 26.3. The zero-order valence-corrected chi connectivity index (χ0v) is 9.58. The molecule has 82 valence electrons. The summed E-state index contributed by atoms with van der Waals surface area (Å²) in [6.07, 6.45) is 7.14. The molecule has 2 aliphatic carbocycles. The summed E-state index contributed by atoms with van der Waals surface area (Å²) in [6.45, 7) is 0. The number of hydrogen-bond donors (Lipinski definition) is 0. The molecule has 3 rings (SSSR count). The largest absolute Gasteiger partial charge is 0.198 e. The van der Waals surface area contributed by atoms with Crippen LogP contribution in [-0.4, -0.2) is 0 Å². The van der Waals surface area contributed by atoms with E-state index in [0.717, 1.165) is 12.8 Å². The lowest BCUT2D eigenvalue weighted by Gasteiger charge is -2.44. The van der Waals surface area contributed by atoms with E-state index in [1.807, 2.05) is 0 Å². The highest BCUT2D eigenvalue weighted by Gasteiger charge is 2.46. The third-order valence-corrected chi connectivity index (χ3v) is 4.50. The molecule has 1 heteroatoms. The maximum Gasteiger partial charge on any atom is 0.0696 e. The Morgan fingerprint density at radius 2 is 2.00 bits per heavy atom. The molecule has 16 heavy (non-hydrogen) atoms. The smallest absolute Gasteiger partial charge is 0.0696 e. The maximum absolute atomic E-state index is 9.46. The Bertz CT molecular complexity index is 437. The molecule has 1 atom stereocenters. The molecular formula is C15H17N. The first-order valence-corrected chi connectivity index (χ1v) is 6.35. The molecule has 1 fully saturated rings. The van der Waals surface area contributed by atoms with Crippen molar-refractivity contribution < 1.29 is 0 Å². The average molecular weight is 211 g/mol. The minimum atomic E-state index is -0.0173. The van der Waals surface area contributed by atoms with E-state index in [9.17, 15) is 5.26 Å². The van der Waals surface area contributed by atoms with Crippen molar-refractivity contribution >= 4 is 0 Å². The van der Waals surface area contributed by atoms with Gasteiger partial charge in [-0.3, -0.25) is 0 Å². The summed E-state index contributed by atoms with van der Waals surface area (Å²) < 4.78 is 0. The standard InChI is InChI=1S/C15H17N/c16-11-15(9-4-10-15)14-8-3-6-12-5-1-2-7-13(12)14/h1-2,5,7,14H,3-4,6,8-10H2. The zero-order valence-electron chi connectivity index (χ0n) is 9.58. The first-order valence-electron chi connectivity index (χ1n) is 6.35. The van der Waals surface area contributed by atoms with Crippen LogP contribution in [0.5, 0.6) is 0 Å². The predicted molar refractivity (Wildman–Crippen MR) is 64.0 cm³/mol. The van der Waals surface area contributed by atoms with Crippen LogP contribution in [0.25, 0.3) is 0 Å². The lowest BCUT2D eigenvalue weighted by Crippen LogP contribution is -2.36. The topological polar surface area (TPSA) is 23.8 Å². The second kappa shape index (κ2) is 3.63. The molecule has 0 spiro atoms.